The van der Waals surface area contributed by atoms with E-state index in [9.17, 15) is 4.79 Å². The van der Waals surface area contributed by atoms with Crippen LogP contribution in [0.4, 0.5) is 0 Å². The van der Waals surface area contributed by atoms with Crippen LogP contribution in [0, 0.1) is 25.2 Å². The lowest BCUT2D eigenvalue weighted by Gasteiger charge is -2.42. The van der Waals surface area contributed by atoms with Gasteiger partial charge in [0.1, 0.15) is 17.9 Å². The molecule has 4 rings (SSSR count). The fraction of sp³-hybridized carbons (Fsp3) is 0.714. The molecule has 1 saturated carbocycles. The van der Waals surface area contributed by atoms with Gasteiger partial charge >= 0.3 is 0 Å². The maximum atomic E-state index is 13.0. The van der Waals surface area contributed by atoms with Crippen LogP contribution in [0.25, 0.3) is 0 Å². The SMILES string of the molecule is Cc1noc(C)c1CCC(=O)N1CC(c2nncn2CC(C)C)C2(CCC2)C1. The van der Waals surface area contributed by atoms with Crippen LogP contribution in [0.2, 0.25) is 0 Å². The highest BCUT2D eigenvalue weighted by Crippen LogP contribution is 2.55. The molecule has 28 heavy (non-hydrogen) atoms. The molecule has 7 nitrogen and oxygen atoms in total. The van der Waals surface area contributed by atoms with Crippen LogP contribution < -0.4 is 0 Å². The van der Waals surface area contributed by atoms with Crippen molar-refractivity contribution in [1.29, 1.82) is 0 Å². The number of hydrogen-bond acceptors (Lipinski definition) is 5. The Kier molecular flexibility index (Phi) is 5.02. The summed E-state index contributed by atoms with van der Waals surface area (Å²) in [5, 5.41) is 12.7. The van der Waals surface area contributed by atoms with Crippen LogP contribution in [0.5, 0.6) is 0 Å². The number of rotatable bonds is 6. The average Bonchev–Trinajstić information content (AvgIpc) is 3.30. The second-order valence-electron chi connectivity index (χ2n) is 9.08. The summed E-state index contributed by atoms with van der Waals surface area (Å²) < 4.78 is 7.43. The average molecular weight is 386 g/mol. The molecule has 3 heterocycles. The van der Waals surface area contributed by atoms with Gasteiger partial charge in [0.25, 0.3) is 0 Å². The van der Waals surface area contributed by atoms with Gasteiger partial charge in [0, 0.05) is 37.5 Å². The van der Waals surface area contributed by atoms with E-state index in [0.717, 1.165) is 42.5 Å². The van der Waals surface area contributed by atoms with Crippen LogP contribution in [-0.2, 0) is 17.8 Å². The molecule has 1 aliphatic carbocycles. The zero-order valence-electron chi connectivity index (χ0n) is 17.4. The molecule has 1 aliphatic heterocycles. The Morgan fingerprint density at radius 1 is 1.36 bits per heavy atom. The maximum Gasteiger partial charge on any atom is 0.222 e. The van der Waals surface area contributed by atoms with Crippen molar-refractivity contribution in [1.82, 2.24) is 24.8 Å². The van der Waals surface area contributed by atoms with Crippen molar-refractivity contribution in [2.45, 2.75) is 72.3 Å². The summed E-state index contributed by atoms with van der Waals surface area (Å²) in [6, 6.07) is 0. The van der Waals surface area contributed by atoms with Gasteiger partial charge < -0.3 is 14.0 Å². The van der Waals surface area contributed by atoms with E-state index in [4.69, 9.17) is 4.52 Å². The molecule has 2 aromatic heterocycles. The standard InChI is InChI=1S/C21H31N5O2/c1-14(2)10-26-13-22-23-20(26)18-11-25(12-21(18)8-5-9-21)19(27)7-6-17-15(3)24-28-16(17)4/h13-14,18H,5-12H2,1-4H3. The first-order valence-corrected chi connectivity index (χ1v) is 10.5. The molecule has 2 aliphatic rings. The monoisotopic (exact) mass is 385 g/mol. The Morgan fingerprint density at radius 2 is 2.14 bits per heavy atom. The summed E-state index contributed by atoms with van der Waals surface area (Å²) in [6.07, 6.45) is 6.65. The highest BCUT2D eigenvalue weighted by molar-refractivity contribution is 5.77. The Labute approximate surface area is 166 Å². The molecule has 0 aromatic carbocycles. The molecule has 2 fully saturated rings. The molecule has 0 radical (unpaired) electrons. The van der Waals surface area contributed by atoms with Gasteiger partial charge in [-0.15, -0.1) is 10.2 Å². The quantitative estimate of drug-likeness (QED) is 0.763. The van der Waals surface area contributed by atoms with Crippen molar-refractivity contribution in [3.8, 4) is 0 Å². The summed E-state index contributed by atoms with van der Waals surface area (Å²) in [5.41, 5.74) is 2.15. The van der Waals surface area contributed by atoms with E-state index in [0.29, 0.717) is 24.7 Å². The minimum atomic E-state index is 0.195. The third kappa shape index (κ3) is 3.35. The molecular weight excluding hydrogens is 354 g/mol. The van der Waals surface area contributed by atoms with E-state index in [-0.39, 0.29) is 11.3 Å². The highest BCUT2D eigenvalue weighted by atomic mass is 16.5. The number of hydrogen-bond donors (Lipinski definition) is 0. The van der Waals surface area contributed by atoms with Gasteiger partial charge in [-0.1, -0.05) is 25.4 Å². The van der Waals surface area contributed by atoms with E-state index < -0.39 is 0 Å². The first kappa shape index (κ1) is 19.2. The fourth-order valence-electron chi connectivity index (χ4n) is 4.97. The summed E-state index contributed by atoms with van der Waals surface area (Å²) in [7, 11) is 0. The van der Waals surface area contributed by atoms with Gasteiger partial charge in [-0.2, -0.15) is 0 Å². The number of nitrogens with zero attached hydrogens (tertiary/aromatic N) is 5. The van der Waals surface area contributed by atoms with Crippen molar-refractivity contribution in [3.63, 3.8) is 0 Å². The van der Waals surface area contributed by atoms with Crippen molar-refractivity contribution in [2.75, 3.05) is 13.1 Å². The Balaban J connectivity index is 1.47. The summed E-state index contributed by atoms with van der Waals surface area (Å²) in [6.45, 7) is 10.8. The second kappa shape index (κ2) is 7.33. The third-order valence-electron chi connectivity index (χ3n) is 6.64. The molecule has 0 bridgehead atoms. The second-order valence-corrected chi connectivity index (χ2v) is 9.08. The fourth-order valence-corrected chi connectivity index (χ4v) is 4.97. The smallest absolute Gasteiger partial charge is 0.222 e. The minimum absolute atomic E-state index is 0.195. The normalized spacial score (nSPS) is 20.9. The van der Waals surface area contributed by atoms with Crippen LogP contribution in [0.3, 0.4) is 0 Å². The first-order valence-electron chi connectivity index (χ1n) is 10.5. The van der Waals surface area contributed by atoms with E-state index >= 15 is 0 Å². The van der Waals surface area contributed by atoms with Crippen molar-refractivity contribution >= 4 is 5.91 Å². The lowest BCUT2D eigenvalue weighted by atomic mass is 9.62. The van der Waals surface area contributed by atoms with E-state index in [1.807, 2.05) is 20.2 Å². The highest BCUT2D eigenvalue weighted by Gasteiger charge is 2.53. The number of carbonyl (C=O) groups is 1. The van der Waals surface area contributed by atoms with Gasteiger partial charge in [-0.3, -0.25) is 4.79 Å². The molecule has 2 aromatic rings. The molecule has 1 atom stereocenters. The van der Waals surface area contributed by atoms with E-state index in [2.05, 4.69) is 38.7 Å². The molecule has 7 heteroatoms. The Hall–Kier alpha value is -2.18. The number of likely N-dealkylation sites (tertiary alicyclic amines) is 1. The van der Waals surface area contributed by atoms with Crippen molar-refractivity contribution < 1.29 is 9.32 Å². The number of carbonyl (C=O) groups excluding carboxylic acids is 1. The van der Waals surface area contributed by atoms with Crippen molar-refractivity contribution in [2.24, 2.45) is 11.3 Å². The molecular formula is C21H31N5O2. The minimum Gasteiger partial charge on any atom is -0.361 e. The van der Waals surface area contributed by atoms with E-state index in [1.165, 1.54) is 19.3 Å². The van der Waals surface area contributed by atoms with Crippen LogP contribution in [0.1, 0.15) is 68.3 Å². The van der Waals surface area contributed by atoms with Gasteiger partial charge in [0.15, 0.2) is 0 Å². The first-order chi connectivity index (χ1) is 13.4. The van der Waals surface area contributed by atoms with Gasteiger partial charge in [0.2, 0.25) is 5.91 Å². The predicted octanol–water partition coefficient (Wildman–Crippen LogP) is 3.27. The summed E-state index contributed by atoms with van der Waals surface area (Å²) in [4.78, 5) is 15.1. The van der Waals surface area contributed by atoms with Crippen LogP contribution in [0.15, 0.2) is 10.9 Å². The summed E-state index contributed by atoms with van der Waals surface area (Å²) >= 11 is 0. The van der Waals surface area contributed by atoms with Gasteiger partial charge in [-0.25, -0.2) is 0 Å². The molecule has 1 amide bonds. The Bertz CT molecular complexity index is 829. The van der Waals surface area contributed by atoms with Gasteiger partial charge in [-0.05, 0) is 44.4 Å². The molecule has 1 saturated heterocycles. The Morgan fingerprint density at radius 3 is 2.75 bits per heavy atom. The zero-order valence-corrected chi connectivity index (χ0v) is 17.4. The molecule has 0 N–H and O–H groups in total. The number of amides is 1. The predicted molar refractivity (Wildman–Crippen MR) is 105 cm³/mol. The van der Waals surface area contributed by atoms with Crippen molar-refractivity contribution in [3.05, 3.63) is 29.2 Å². The summed E-state index contributed by atoms with van der Waals surface area (Å²) in [5.74, 6) is 2.95. The molecule has 152 valence electrons. The number of aromatic nitrogens is 4. The van der Waals surface area contributed by atoms with E-state index in [1.54, 1.807) is 0 Å². The lowest BCUT2D eigenvalue weighted by Crippen LogP contribution is -2.38. The van der Waals surface area contributed by atoms with Gasteiger partial charge in [0.05, 0.1) is 5.69 Å². The molecule has 1 spiro atoms. The third-order valence-corrected chi connectivity index (χ3v) is 6.64. The number of aryl methyl sites for hydroxylation is 2. The zero-order chi connectivity index (χ0) is 19.9. The largest absolute Gasteiger partial charge is 0.361 e. The molecule has 1 unspecified atom stereocenters. The topological polar surface area (TPSA) is 77.1 Å². The maximum absolute atomic E-state index is 13.0. The van der Waals surface area contributed by atoms with Crippen LogP contribution >= 0.6 is 0 Å². The lowest BCUT2D eigenvalue weighted by molar-refractivity contribution is -0.130. The van der Waals surface area contributed by atoms with Crippen LogP contribution in [-0.4, -0.2) is 43.8 Å².